The summed E-state index contributed by atoms with van der Waals surface area (Å²) in [6.07, 6.45) is 1.86. The Bertz CT molecular complexity index is 804. The summed E-state index contributed by atoms with van der Waals surface area (Å²) in [5.74, 6) is 0.838. The standard InChI is InChI=1S/C22H26N2O3/c1-16(25)17-10-11-21(27-2)19(13-17)15-24-12-6-7-18(14-24)22(26)23-20-8-4-3-5-9-20/h3-5,8-11,13,18H,6-7,12,14-15H2,1-2H3,(H,23,26)/t18-/m0/s1. The molecule has 2 aromatic rings. The lowest BCUT2D eigenvalue weighted by Crippen LogP contribution is -2.40. The first kappa shape index (κ1) is 19.1. The van der Waals surface area contributed by atoms with Crippen molar-refractivity contribution >= 4 is 17.4 Å². The highest BCUT2D eigenvalue weighted by molar-refractivity contribution is 5.94. The van der Waals surface area contributed by atoms with E-state index in [-0.39, 0.29) is 17.6 Å². The summed E-state index contributed by atoms with van der Waals surface area (Å²) in [7, 11) is 1.64. The molecule has 1 atom stereocenters. The first-order chi connectivity index (χ1) is 13.1. The Labute approximate surface area is 160 Å². The predicted molar refractivity (Wildman–Crippen MR) is 106 cm³/mol. The molecule has 142 valence electrons. The highest BCUT2D eigenvalue weighted by atomic mass is 16.5. The van der Waals surface area contributed by atoms with Gasteiger partial charge in [0.1, 0.15) is 5.75 Å². The number of para-hydroxylation sites is 1. The number of nitrogens with one attached hydrogen (secondary N) is 1. The second-order valence-electron chi connectivity index (χ2n) is 7.01. The fraction of sp³-hybridized carbons (Fsp3) is 0.364. The van der Waals surface area contributed by atoms with Crippen LogP contribution in [0, 0.1) is 5.92 Å². The molecule has 2 aromatic carbocycles. The molecular weight excluding hydrogens is 340 g/mol. The molecule has 0 saturated carbocycles. The number of carbonyl (C=O) groups excluding carboxylic acids is 2. The van der Waals surface area contributed by atoms with Crippen molar-refractivity contribution in [3.05, 3.63) is 59.7 Å². The van der Waals surface area contributed by atoms with Gasteiger partial charge in [-0.3, -0.25) is 14.5 Å². The number of hydrogen-bond acceptors (Lipinski definition) is 4. The Morgan fingerprint density at radius 3 is 2.67 bits per heavy atom. The van der Waals surface area contributed by atoms with Crippen molar-refractivity contribution < 1.29 is 14.3 Å². The minimum absolute atomic E-state index is 0.0395. The third kappa shape index (κ3) is 4.95. The third-order valence-electron chi connectivity index (χ3n) is 5.00. The fourth-order valence-electron chi connectivity index (χ4n) is 3.54. The van der Waals surface area contributed by atoms with E-state index in [0.29, 0.717) is 18.7 Å². The van der Waals surface area contributed by atoms with E-state index in [2.05, 4.69) is 10.2 Å². The van der Waals surface area contributed by atoms with Crippen molar-refractivity contribution in [2.75, 3.05) is 25.5 Å². The van der Waals surface area contributed by atoms with Crippen molar-refractivity contribution in [1.29, 1.82) is 0 Å². The molecule has 1 heterocycles. The smallest absolute Gasteiger partial charge is 0.228 e. The number of benzene rings is 2. The average molecular weight is 366 g/mol. The molecule has 0 bridgehead atoms. The molecule has 5 nitrogen and oxygen atoms in total. The van der Waals surface area contributed by atoms with Gasteiger partial charge < -0.3 is 10.1 Å². The van der Waals surface area contributed by atoms with Gasteiger partial charge in [-0.25, -0.2) is 0 Å². The van der Waals surface area contributed by atoms with Crippen molar-refractivity contribution in [1.82, 2.24) is 4.90 Å². The molecule has 1 saturated heterocycles. The van der Waals surface area contributed by atoms with Crippen LogP contribution in [0.3, 0.4) is 0 Å². The maximum absolute atomic E-state index is 12.6. The SMILES string of the molecule is COc1ccc(C(C)=O)cc1CN1CCC[C@H](C(=O)Nc2ccccc2)C1. The molecule has 0 spiro atoms. The first-order valence-corrected chi connectivity index (χ1v) is 9.33. The Kier molecular flexibility index (Phi) is 6.24. The maximum atomic E-state index is 12.6. The number of hydrogen-bond donors (Lipinski definition) is 1. The van der Waals surface area contributed by atoms with E-state index in [4.69, 9.17) is 4.74 Å². The lowest BCUT2D eigenvalue weighted by molar-refractivity contribution is -0.121. The first-order valence-electron chi connectivity index (χ1n) is 9.33. The van der Waals surface area contributed by atoms with Gasteiger partial charge in [-0.05, 0) is 56.6 Å². The van der Waals surface area contributed by atoms with E-state index >= 15 is 0 Å². The summed E-state index contributed by atoms with van der Waals surface area (Å²) in [5.41, 5.74) is 2.49. The molecule has 1 aliphatic heterocycles. The fourth-order valence-corrected chi connectivity index (χ4v) is 3.54. The average Bonchev–Trinajstić information content (AvgIpc) is 2.69. The summed E-state index contributed by atoms with van der Waals surface area (Å²) < 4.78 is 5.46. The number of ketones is 1. The third-order valence-corrected chi connectivity index (χ3v) is 5.00. The lowest BCUT2D eigenvalue weighted by Gasteiger charge is -2.32. The number of ether oxygens (including phenoxy) is 1. The van der Waals surface area contributed by atoms with E-state index in [9.17, 15) is 9.59 Å². The number of carbonyl (C=O) groups is 2. The molecule has 0 aliphatic carbocycles. The monoisotopic (exact) mass is 366 g/mol. The van der Waals surface area contributed by atoms with Crippen LogP contribution in [-0.2, 0) is 11.3 Å². The summed E-state index contributed by atoms with van der Waals surface area (Å²) in [4.78, 5) is 26.6. The molecule has 27 heavy (non-hydrogen) atoms. The lowest BCUT2D eigenvalue weighted by atomic mass is 9.96. The van der Waals surface area contributed by atoms with Crippen molar-refractivity contribution in [2.45, 2.75) is 26.3 Å². The molecule has 5 heteroatoms. The van der Waals surface area contributed by atoms with E-state index in [1.54, 1.807) is 20.1 Å². The van der Waals surface area contributed by atoms with Crippen molar-refractivity contribution in [2.24, 2.45) is 5.92 Å². The van der Waals surface area contributed by atoms with Gasteiger partial charge in [0, 0.05) is 29.9 Å². The van der Waals surface area contributed by atoms with Crippen LogP contribution in [0.5, 0.6) is 5.75 Å². The van der Waals surface area contributed by atoms with Crippen LogP contribution in [0.1, 0.15) is 35.7 Å². The summed E-state index contributed by atoms with van der Waals surface area (Å²) in [6.45, 7) is 3.87. The molecule has 0 unspecified atom stereocenters. The number of likely N-dealkylation sites (tertiary alicyclic amines) is 1. The van der Waals surface area contributed by atoms with Gasteiger partial charge in [-0.15, -0.1) is 0 Å². The van der Waals surface area contributed by atoms with Crippen LogP contribution >= 0.6 is 0 Å². The van der Waals surface area contributed by atoms with Gasteiger partial charge in [0.15, 0.2) is 5.78 Å². The second kappa shape index (κ2) is 8.82. The van der Waals surface area contributed by atoms with Crippen LogP contribution < -0.4 is 10.1 Å². The molecule has 1 fully saturated rings. The quantitative estimate of drug-likeness (QED) is 0.791. The minimum atomic E-state index is -0.0408. The van der Waals surface area contributed by atoms with Crippen LogP contribution in [0.15, 0.2) is 48.5 Å². The number of amides is 1. The van der Waals surface area contributed by atoms with E-state index in [0.717, 1.165) is 36.4 Å². The zero-order valence-electron chi connectivity index (χ0n) is 15.9. The highest BCUT2D eigenvalue weighted by Crippen LogP contribution is 2.25. The zero-order valence-corrected chi connectivity index (χ0v) is 15.9. The van der Waals surface area contributed by atoms with E-state index in [1.807, 2.05) is 42.5 Å². The Morgan fingerprint density at radius 2 is 1.96 bits per heavy atom. The topological polar surface area (TPSA) is 58.6 Å². The molecule has 0 radical (unpaired) electrons. The van der Waals surface area contributed by atoms with E-state index in [1.165, 1.54) is 0 Å². The van der Waals surface area contributed by atoms with Crippen LogP contribution in [0.4, 0.5) is 5.69 Å². The van der Waals surface area contributed by atoms with Gasteiger partial charge in [0.2, 0.25) is 5.91 Å². The maximum Gasteiger partial charge on any atom is 0.228 e. The number of rotatable bonds is 6. The number of methoxy groups -OCH3 is 1. The minimum Gasteiger partial charge on any atom is -0.496 e. The Morgan fingerprint density at radius 1 is 1.19 bits per heavy atom. The normalized spacial score (nSPS) is 17.3. The van der Waals surface area contributed by atoms with E-state index < -0.39 is 0 Å². The highest BCUT2D eigenvalue weighted by Gasteiger charge is 2.26. The molecule has 1 amide bonds. The van der Waals surface area contributed by atoms with Crippen molar-refractivity contribution in [3.8, 4) is 5.75 Å². The van der Waals surface area contributed by atoms with Gasteiger partial charge >= 0.3 is 0 Å². The number of anilines is 1. The summed E-state index contributed by atoms with van der Waals surface area (Å²) in [6, 6.07) is 15.1. The number of piperidine rings is 1. The van der Waals surface area contributed by atoms with Gasteiger partial charge in [0.25, 0.3) is 0 Å². The van der Waals surface area contributed by atoms with Gasteiger partial charge in [-0.2, -0.15) is 0 Å². The van der Waals surface area contributed by atoms with Gasteiger partial charge in [-0.1, -0.05) is 18.2 Å². The predicted octanol–water partition coefficient (Wildman–Crippen LogP) is 3.75. The van der Waals surface area contributed by atoms with Crippen LogP contribution in [0.2, 0.25) is 0 Å². The molecule has 0 aromatic heterocycles. The van der Waals surface area contributed by atoms with Crippen LogP contribution in [-0.4, -0.2) is 36.8 Å². The van der Waals surface area contributed by atoms with Crippen LogP contribution in [0.25, 0.3) is 0 Å². The number of nitrogens with zero attached hydrogens (tertiary/aromatic N) is 1. The summed E-state index contributed by atoms with van der Waals surface area (Å²) >= 11 is 0. The second-order valence-corrected chi connectivity index (χ2v) is 7.01. The summed E-state index contributed by atoms with van der Waals surface area (Å²) in [5, 5.41) is 3.01. The van der Waals surface area contributed by atoms with Gasteiger partial charge in [0.05, 0.1) is 13.0 Å². The molecule has 1 aliphatic rings. The van der Waals surface area contributed by atoms with Crippen molar-refractivity contribution in [3.63, 3.8) is 0 Å². The zero-order chi connectivity index (χ0) is 19.2. The Hall–Kier alpha value is -2.66. The number of Topliss-reactive ketones (excluding diaryl/α,β-unsaturated/α-hetero) is 1. The molecule has 1 N–H and O–H groups in total. The molecule has 3 rings (SSSR count). The Balaban J connectivity index is 1.67. The largest absolute Gasteiger partial charge is 0.496 e. The molecular formula is C22H26N2O3.